The molecule has 2 aromatic rings. The van der Waals surface area contributed by atoms with Gasteiger partial charge in [0.2, 0.25) is 5.95 Å². The van der Waals surface area contributed by atoms with Crippen LogP contribution in [-0.4, -0.2) is 62.9 Å². The van der Waals surface area contributed by atoms with Crippen molar-refractivity contribution >= 4 is 23.4 Å². The molecule has 0 unspecified atom stereocenters. The summed E-state index contributed by atoms with van der Waals surface area (Å²) < 4.78 is 11.1. The van der Waals surface area contributed by atoms with Gasteiger partial charge in [-0.15, -0.1) is 0 Å². The summed E-state index contributed by atoms with van der Waals surface area (Å²) in [6, 6.07) is 7.18. The summed E-state index contributed by atoms with van der Waals surface area (Å²) in [5, 5.41) is 2.93. The van der Waals surface area contributed by atoms with E-state index in [1.165, 1.54) is 0 Å². The fourth-order valence-corrected chi connectivity index (χ4v) is 3.15. The van der Waals surface area contributed by atoms with Crippen LogP contribution in [-0.2, 0) is 4.74 Å². The van der Waals surface area contributed by atoms with Gasteiger partial charge in [-0.05, 0) is 30.7 Å². The molecule has 8 nitrogen and oxygen atoms in total. The predicted octanol–water partition coefficient (Wildman–Crippen LogP) is 3.20. The maximum absolute atomic E-state index is 12.7. The maximum Gasteiger partial charge on any atom is 0.255 e. The number of hydrogen-bond donors (Lipinski definition) is 1. The predicted molar refractivity (Wildman–Crippen MR) is 119 cm³/mol. The number of carbonyl (C=O) groups excluding carboxylic acids is 1. The third kappa shape index (κ3) is 5.82. The summed E-state index contributed by atoms with van der Waals surface area (Å²) in [5.74, 6) is 1.87. The van der Waals surface area contributed by atoms with Crippen LogP contribution in [0.25, 0.3) is 0 Å². The number of rotatable bonds is 9. The molecule has 30 heavy (non-hydrogen) atoms. The first-order chi connectivity index (χ1) is 14.6. The van der Waals surface area contributed by atoms with Crippen molar-refractivity contribution in [1.82, 2.24) is 9.97 Å². The Morgan fingerprint density at radius 2 is 1.93 bits per heavy atom. The molecule has 1 fully saturated rings. The Bertz CT molecular complexity index is 820. The molecule has 0 spiro atoms. The second kappa shape index (κ2) is 10.8. The smallest absolute Gasteiger partial charge is 0.255 e. The van der Waals surface area contributed by atoms with E-state index in [4.69, 9.17) is 9.47 Å². The van der Waals surface area contributed by atoms with Gasteiger partial charge in [0.05, 0.1) is 26.0 Å². The van der Waals surface area contributed by atoms with Crippen LogP contribution in [0.5, 0.6) is 5.75 Å². The van der Waals surface area contributed by atoms with Crippen LogP contribution in [0.2, 0.25) is 0 Å². The van der Waals surface area contributed by atoms with E-state index in [1.807, 2.05) is 31.1 Å². The molecule has 0 aliphatic carbocycles. The highest BCUT2D eigenvalue weighted by atomic mass is 16.5. The number of benzene rings is 1. The molecule has 1 aliphatic heterocycles. The van der Waals surface area contributed by atoms with Gasteiger partial charge in [-0.1, -0.05) is 19.8 Å². The van der Waals surface area contributed by atoms with Crippen molar-refractivity contribution in [2.24, 2.45) is 0 Å². The first kappa shape index (κ1) is 21.8. The van der Waals surface area contributed by atoms with Gasteiger partial charge < -0.3 is 24.6 Å². The molecule has 162 valence electrons. The Kier molecular flexibility index (Phi) is 7.84. The minimum Gasteiger partial charge on any atom is -0.494 e. The van der Waals surface area contributed by atoms with Crippen LogP contribution in [0.4, 0.5) is 17.5 Å². The molecule has 1 N–H and O–H groups in total. The average Bonchev–Trinajstić information content (AvgIpc) is 2.78. The zero-order valence-electron chi connectivity index (χ0n) is 18.1. The van der Waals surface area contributed by atoms with Crippen molar-refractivity contribution in [3.8, 4) is 5.75 Å². The highest BCUT2D eigenvalue weighted by molar-refractivity contribution is 6.05. The Morgan fingerprint density at radius 3 is 2.60 bits per heavy atom. The van der Waals surface area contributed by atoms with Crippen molar-refractivity contribution in [3.05, 3.63) is 36.0 Å². The molecule has 2 heterocycles. The monoisotopic (exact) mass is 413 g/mol. The van der Waals surface area contributed by atoms with Gasteiger partial charge in [-0.25, -0.2) is 4.98 Å². The van der Waals surface area contributed by atoms with Crippen LogP contribution in [0.1, 0.15) is 36.5 Å². The second-order valence-corrected chi connectivity index (χ2v) is 7.44. The van der Waals surface area contributed by atoms with E-state index in [9.17, 15) is 4.79 Å². The van der Waals surface area contributed by atoms with Crippen molar-refractivity contribution in [2.45, 2.75) is 26.2 Å². The number of unbranched alkanes of at least 4 members (excludes halogenated alkanes) is 2. The van der Waals surface area contributed by atoms with Gasteiger partial charge in [-0.3, -0.25) is 4.79 Å². The molecule has 3 rings (SSSR count). The van der Waals surface area contributed by atoms with Crippen LogP contribution in [0.3, 0.4) is 0 Å². The quantitative estimate of drug-likeness (QED) is 0.632. The Hall–Kier alpha value is -2.87. The number of carbonyl (C=O) groups is 1. The fraction of sp³-hybridized carbons (Fsp3) is 0.500. The zero-order chi connectivity index (χ0) is 21.3. The molecule has 8 heteroatoms. The largest absolute Gasteiger partial charge is 0.494 e. The lowest BCUT2D eigenvalue weighted by Crippen LogP contribution is -2.37. The van der Waals surface area contributed by atoms with Crippen molar-refractivity contribution in [1.29, 1.82) is 0 Å². The Morgan fingerprint density at radius 1 is 1.20 bits per heavy atom. The first-order valence-electron chi connectivity index (χ1n) is 10.5. The summed E-state index contributed by atoms with van der Waals surface area (Å²) in [6.45, 7) is 5.69. The third-order valence-electron chi connectivity index (χ3n) is 4.85. The van der Waals surface area contributed by atoms with Gasteiger partial charge in [0, 0.05) is 32.7 Å². The van der Waals surface area contributed by atoms with Crippen LogP contribution in [0, 0.1) is 0 Å². The lowest BCUT2D eigenvalue weighted by atomic mass is 10.2. The highest BCUT2D eigenvalue weighted by Crippen LogP contribution is 2.25. The lowest BCUT2D eigenvalue weighted by Gasteiger charge is -2.28. The van der Waals surface area contributed by atoms with E-state index in [1.54, 1.807) is 18.3 Å². The van der Waals surface area contributed by atoms with Gasteiger partial charge >= 0.3 is 0 Å². The third-order valence-corrected chi connectivity index (χ3v) is 4.85. The first-order valence-corrected chi connectivity index (χ1v) is 10.5. The van der Waals surface area contributed by atoms with E-state index in [2.05, 4.69) is 27.1 Å². The highest BCUT2D eigenvalue weighted by Gasteiger charge is 2.18. The van der Waals surface area contributed by atoms with Gasteiger partial charge in [0.15, 0.2) is 5.82 Å². The Labute approximate surface area is 178 Å². The molecular formula is C22H31N5O3. The normalized spacial score (nSPS) is 13.8. The van der Waals surface area contributed by atoms with Crippen molar-refractivity contribution in [2.75, 3.05) is 62.1 Å². The van der Waals surface area contributed by atoms with Crippen molar-refractivity contribution < 1.29 is 14.3 Å². The van der Waals surface area contributed by atoms with E-state index in [0.717, 1.165) is 38.1 Å². The standard InChI is InChI=1S/C22H31N5O3/c1-4-5-6-13-30-18-9-7-17(8-10-18)21(28)24-19-16-23-22(25-20(19)26(2)3)27-11-14-29-15-12-27/h7-10,16H,4-6,11-15H2,1-3H3,(H,24,28). The van der Waals surface area contributed by atoms with Gasteiger partial charge in [-0.2, -0.15) is 4.98 Å². The summed E-state index contributed by atoms with van der Waals surface area (Å²) in [7, 11) is 3.79. The number of ether oxygens (including phenoxy) is 2. The summed E-state index contributed by atoms with van der Waals surface area (Å²) >= 11 is 0. The van der Waals surface area contributed by atoms with E-state index >= 15 is 0 Å². The second-order valence-electron chi connectivity index (χ2n) is 7.44. The van der Waals surface area contributed by atoms with E-state index in [-0.39, 0.29) is 5.91 Å². The fourth-order valence-electron chi connectivity index (χ4n) is 3.15. The van der Waals surface area contributed by atoms with Crippen molar-refractivity contribution in [3.63, 3.8) is 0 Å². The number of morpholine rings is 1. The summed E-state index contributed by atoms with van der Waals surface area (Å²) in [5.41, 5.74) is 1.12. The molecule has 1 aromatic carbocycles. The zero-order valence-corrected chi connectivity index (χ0v) is 18.1. The number of amides is 1. The molecule has 0 radical (unpaired) electrons. The molecule has 0 atom stereocenters. The lowest BCUT2D eigenvalue weighted by molar-refractivity contribution is 0.102. The van der Waals surface area contributed by atoms with Crippen LogP contribution < -0.4 is 19.9 Å². The van der Waals surface area contributed by atoms with Gasteiger partial charge in [0.1, 0.15) is 11.4 Å². The molecule has 1 aromatic heterocycles. The molecule has 0 saturated carbocycles. The number of nitrogens with zero attached hydrogens (tertiary/aromatic N) is 4. The number of anilines is 3. The Balaban J connectivity index is 1.66. The molecule has 1 amide bonds. The minimum atomic E-state index is -0.210. The summed E-state index contributed by atoms with van der Waals surface area (Å²) in [6.07, 6.45) is 5.01. The van der Waals surface area contributed by atoms with Gasteiger partial charge in [0.25, 0.3) is 5.91 Å². The SMILES string of the molecule is CCCCCOc1ccc(C(=O)Nc2cnc(N3CCOCC3)nc2N(C)C)cc1. The number of nitrogens with one attached hydrogen (secondary N) is 1. The molecule has 1 aliphatic rings. The minimum absolute atomic E-state index is 0.210. The summed E-state index contributed by atoms with van der Waals surface area (Å²) in [4.78, 5) is 25.8. The van der Waals surface area contributed by atoms with E-state index in [0.29, 0.717) is 42.8 Å². The van der Waals surface area contributed by atoms with Crippen LogP contribution in [0.15, 0.2) is 30.5 Å². The average molecular weight is 414 g/mol. The molecule has 1 saturated heterocycles. The molecular weight excluding hydrogens is 382 g/mol. The molecule has 0 bridgehead atoms. The topological polar surface area (TPSA) is 79.8 Å². The van der Waals surface area contributed by atoms with E-state index < -0.39 is 0 Å². The van der Waals surface area contributed by atoms with Crippen LogP contribution >= 0.6 is 0 Å². The number of aromatic nitrogens is 2. The number of hydrogen-bond acceptors (Lipinski definition) is 7. The maximum atomic E-state index is 12.7.